The van der Waals surface area contributed by atoms with Gasteiger partial charge in [-0.05, 0) is 23.6 Å². The average molecular weight is 315 g/mol. The third-order valence-electron chi connectivity index (χ3n) is 3.19. The van der Waals surface area contributed by atoms with Gasteiger partial charge in [-0.2, -0.15) is 0 Å². The standard InChI is InChI=1S/C16H13NO4S/c18-11-8-14(21-13-5-2-1-4-10(11)13)16(20)17-9-12(19)15-6-3-7-22-15/h1-8,12,19H,9H2,(H,17,20). The Labute approximate surface area is 129 Å². The molecule has 3 aromatic rings. The highest BCUT2D eigenvalue weighted by Crippen LogP contribution is 2.18. The second-order valence-corrected chi connectivity index (χ2v) is 5.69. The molecule has 5 nitrogen and oxygen atoms in total. The molecule has 0 spiro atoms. The van der Waals surface area contributed by atoms with Crippen molar-refractivity contribution >= 4 is 28.2 Å². The first-order valence-electron chi connectivity index (χ1n) is 6.68. The molecule has 1 unspecified atom stereocenters. The number of carbonyl (C=O) groups is 1. The van der Waals surface area contributed by atoms with Crippen LogP contribution in [0.4, 0.5) is 0 Å². The predicted molar refractivity (Wildman–Crippen MR) is 84.1 cm³/mol. The molecule has 0 bridgehead atoms. The summed E-state index contributed by atoms with van der Waals surface area (Å²) < 4.78 is 5.44. The van der Waals surface area contributed by atoms with Gasteiger partial charge in [0.25, 0.3) is 5.91 Å². The van der Waals surface area contributed by atoms with Crippen LogP contribution in [0.25, 0.3) is 11.0 Å². The van der Waals surface area contributed by atoms with Crippen molar-refractivity contribution in [3.8, 4) is 0 Å². The maximum Gasteiger partial charge on any atom is 0.287 e. The molecule has 0 aliphatic heterocycles. The molecule has 6 heteroatoms. The minimum Gasteiger partial charge on any atom is -0.451 e. The van der Waals surface area contributed by atoms with Crippen LogP contribution < -0.4 is 10.7 Å². The van der Waals surface area contributed by atoms with Gasteiger partial charge in [-0.25, -0.2) is 0 Å². The van der Waals surface area contributed by atoms with Gasteiger partial charge in [0.05, 0.1) is 5.39 Å². The third kappa shape index (κ3) is 2.93. The Hall–Kier alpha value is -2.44. The Morgan fingerprint density at radius 3 is 2.86 bits per heavy atom. The maximum atomic E-state index is 12.1. The molecule has 0 aliphatic rings. The highest BCUT2D eigenvalue weighted by atomic mass is 32.1. The summed E-state index contributed by atoms with van der Waals surface area (Å²) in [4.78, 5) is 24.8. The number of hydrogen-bond acceptors (Lipinski definition) is 5. The molecule has 0 saturated heterocycles. The smallest absolute Gasteiger partial charge is 0.287 e. The van der Waals surface area contributed by atoms with Crippen molar-refractivity contribution < 1.29 is 14.3 Å². The van der Waals surface area contributed by atoms with E-state index in [2.05, 4.69) is 5.32 Å². The first-order chi connectivity index (χ1) is 10.6. The van der Waals surface area contributed by atoms with E-state index in [-0.39, 0.29) is 17.7 Å². The van der Waals surface area contributed by atoms with Crippen LogP contribution in [0.2, 0.25) is 0 Å². The van der Waals surface area contributed by atoms with E-state index in [0.717, 1.165) is 10.9 Å². The Kier molecular flexibility index (Phi) is 4.04. The molecule has 0 aliphatic carbocycles. The van der Waals surface area contributed by atoms with Crippen LogP contribution in [0.5, 0.6) is 0 Å². The molecule has 1 atom stereocenters. The number of nitrogens with one attached hydrogen (secondary N) is 1. The van der Waals surface area contributed by atoms with Crippen molar-refractivity contribution in [2.24, 2.45) is 0 Å². The van der Waals surface area contributed by atoms with E-state index in [1.807, 2.05) is 11.4 Å². The van der Waals surface area contributed by atoms with Crippen LogP contribution in [0, 0.1) is 0 Å². The van der Waals surface area contributed by atoms with Crippen molar-refractivity contribution in [2.45, 2.75) is 6.10 Å². The molecule has 1 aromatic carbocycles. The van der Waals surface area contributed by atoms with E-state index in [4.69, 9.17) is 4.42 Å². The van der Waals surface area contributed by atoms with Gasteiger partial charge in [0, 0.05) is 17.5 Å². The number of carbonyl (C=O) groups excluding carboxylic acids is 1. The van der Waals surface area contributed by atoms with E-state index in [9.17, 15) is 14.7 Å². The summed E-state index contributed by atoms with van der Waals surface area (Å²) in [5, 5.41) is 14.8. The number of thiophene rings is 1. The monoisotopic (exact) mass is 315 g/mol. The molecule has 2 heterocycles. The predicted octanol–water partition coefficient (Wildman–Crippen LogP) is 2.32. The van der Waals surface area contributed by atoms with Gasteiger partial charge in [-0.15, -0.1) is 11.3 Å². The van der Waals surface area contributed by atoms with Crippen molar-refractivity contribution in [2.75, 3.05) is 6.54 Å². The van der Waals surface area contributed by atoms with E-state index >= 15 is 0 Å². The Morgan fingerprint density at radius 1 is 1.27 bits per heavy atom. The molecule has 112 valence electrons. The minimum absolute atomic E-state index is 0.0515. The van der Waals surface area contributed by atoms with Gasteiger partial charge >= 0.3 is 0 Å². The number of fused-ring (bicyclic) bond motifs is 1. The first kappa shape index (κ1) is 14.5. The summed E-state index contributed by atoms with van der Waals surface area (Å²) in [7, 11) is 0. The summed E-state index contributed by atoms with van der Waals surface area (Å²) in [6, 6.07) is 11.5. The molecule has 1 amide bonds. The topological polar surface area (TPSA) is 79.5 Å². The summed E-state index contributed by atoms with van der Waals surface area (Å²) in [5.41, 5.74) is 0.0877. The number of hydrogen-bond donors (Lipinski definition) is 2. The number of benzene rings is 1. The van der Waals surface area contributed by atoms with E-state index in [1.54, 1.807) is 30.3 Å². The van der Waals surface area contributed by atoms with Gasteiger partial charge in [-0.1, -0.05) is 18.2 Å². The SMILES string of the molecule is O=C(NCC(O)c1cccs1)c1cc(=O)c2ccccc2o1. The van der Waals surface area contributed by atoms with Gasteiger partial charge in [0.15, 0.2) is 11.2 Å². The Balaban J connectivity index is 1.76. The van der Waals surface area contributed by atoms with Crippen LogP contribution in [0.15, 0.2) is 57.1 Å². The largest absolute Gasteiger partial charge is 0.451 e. The average Bonchev–Trinajstić information content (AvgIpc) is 3.06. The third-order valence-corrected chi connectivity index (χ3v) is 4.16. The molecular formula is C16H13NO4S. The quantitative estimate of drug-likeness (QED) is 0.774. The molecular weight excluding hydrogens is 302 g/mol. The Bertz CT molecular complexity index is 854. The van der Waals surface area contributed by atoms with E-state index in [0.29, 0.717) is 11.0 Å². The van der Waals surface area contributed by atoms with Gasteiger partial charge in [-0.3, -0.25) is 9.59 Å². The van der Waals surface area contributed by atoms with Gasteiger partial charge in [0.2, 0.25) is 0 Å². The van der Waals surface area contributed by atoms with Crippen molar-refractivity contribution in [3.63, 3.8) is 0 Å². The number of aliphatic hydroxyl groups is 1. The first-order valence-corrected chi connectivity index (χ1v) is 7.55. The highest BCUT2D eigenvalue weighted by molar-refractivity contribution is 7.10. The number of amides is 1. The minimum atomic E-state index is -0.781. The lowest BCUT2D eigenvalue weighted by Gasteiger charge is -2.10. The summed E-state index contributed by atoms with van der Waals surface area (Å²) in [6.45, 7) is 0.0515. The fourth-order valence-electron chi connectivity index (χ4n) is 2.07. The zero-order chi connectivity index (χ0) is 15.5. The maximum absolute atomic E-state index is 12.1. The van der Waals surface area contributed by atoms with Gasteiger partial charge in [0.1, 0.15) is 11.7 Å². The molecule has 0 fully saturated rings. The molecule has 22 heavy (non-hydrogen) atoms. The van der Waals surface area contributed by atoms with Crippen molar-refractivity contribution in [1.29, 1.82) is 0 Å². The Morgan fingerprint density at radius 2 is 2.09 bits per heavy atom. The molecule has 0 radical (unpaired) electrons. The second kappa shape index (κ2) is 6.13. The molecule has 2 N–H and O–H groups in total. The molecule has 2 aromatic heterocycles. The van der Waals surface area contributed by atoms with Crippen LogP contribution >= 0.6 is 11.3 Å². The summed E-state index contributed by atoms with van der Waals surface area (Å²) in [6.07, 6.45) is -0.781. The lowest BCUT2D eigenvalue weighted by molar-refractivity contribution is 0.0891. The van der Waals surface area contributed by atoms with E-state index in [1.165, 1.54) is 11.3 Å². The fraction of sp³-hybridized carbons (Fsp3) is 0.125. The number of aliphatic hydroxyl groups excluding tert-OH is 1. The van der Waals surface area contributed by atoms with Crippen molar-refractivity contribution in [1.82, 2.24) is 5.32 Å². The second-order valence-electron chi connectivity index (χ2n) is 4.71. The summed E-state index contributed by atoms with van der Waals surface area (Å²) >= 11 is 1.41. The van der Waals surface area contributed by atoms with Crippen molar-refractivity contribution in [3.05, 3.63) is 68.7 Å². The van der Waals surface area contributed by atoms with Crippen LogP contribution in [-0.4, -0.2) is 17.6 Å². The molecule has 0 saturated carbocycles. The number of rotatable bonds is 4. The van der Waals surface area contributed by atoms with Gasteiger partial charge < -0.3 is 14.8 Å². The van der Waals surface area contributed by atoms with E-state index < -0.39 is 12.0 Å². The zero-order valence-corrected chi connectivity index (χ0v) is 12.3. The molecule has 3 rings (SSSR count). The van der Waals surface area contributed by atoms with Crippen LogP contribution in [0.1, 0.15) is 21.5 Å². The summed E-state index contributed by atoms with van der Waals surface area (Å²) in [5.74, 6) is -0.597. The highest BCUT2D eigenvalue weighted by Gasteiger charge is 2.15. The fourth-order valence-corrected chi connectivity index (χ4v) is 2.79. The van der Waals surface area contributed by atoms with Crippen LogP contribution in [0.3, 0.4) is 0 Å². The lowest BCUT2D eigenvalue weighted by atomic mass is 10.2. The van der Waals surface area contributed by atoms with Crippen LogP contribution in [-0.2, 0) is 0 Å². The lowest BCUT2D eigenvalue weighted by Crippen LogP contribution is -2.28. The zero-order valence-electron chi connectivity index (χ0n) is 11.5. The normalized spacial score (nSPS) is 12.2. The number of para-hydroxylation sites is 1.